The molecule has 0 aliphatic heterocycles. The van der Waals surface area contributed by atoms with Crippen LogP contribution in [0.2, 0.25) is 0 Å². The number of nitrogens with zero attached hydrogens (tertiary/aromatic N) is 2. The van der Waals surface area contributed by atoms with Crippen LogP contribution in [0, 0.1) is 0 Å². The maximum atomic E-state index is 5.17. The van der Waals surface area contributed by atoms with E-state index < -0.39 is 0 Å². The molecule has 19 heavy (non-hydrogen) atoms. The highest BCUT2D eigenvalue weighted by atomic mass is 32.2. The van der Waals surface area contributed by atoms with Gasteiger partial charge in [0, 0.05) is 24.2 Å². The van der Waals surface area contributed by atoms with Crippen molar-refractivity contribution >= 4 is 11.8 Å². The molecule has 0 saturated heterocycles. The molecule has 4 nitrogen and oxygen atoms in total. The van der Waals surface area contributed by atoms with E-state index in [0.29, 0.717) is 0 Å². The molecule has 1 atom stereocenters. The first-order valence-corrected chi connectivity index (χ1v) is 7.02. The zero-order valence-corrected chi connectivity index (χ0v) is 11.9. The van der Waals surface area contributed by atoms with Crippen LogP contribution in [-0.4, -0.2) is 29.9 Å². The van der Waals surface area contributed by atoms with Crippen molar-refractivity contribution in [3.63, 3.8) is 0 Å². The Balaban J connectivity index is 1.99. The second kappa shape index (κ2) is 7.11. The molecule has 0 fully saturated rings. The predicted molar refractivity (Wildman–Crippen MR) is 77.6 cm³/mol. The summed E-state index contributed by atoms with van der Waals surface area (Å²) >= 11 is 1.69. The maximum Gasteiger partial charge on any atom is 0.118 e. The fourth-order valence-electron chi connectivity index (χ4n) is 1.71. The van der Waals surface area contributed by atoms with Gasteiger partial charge < -0.3 is 10.1 Å². The van der Waals surface area contributed by atoms with Gasteiger partial charge in [0.15, 0.2) is 0 Å². The lowest BCUT2D eigenvalue weighted by Gasteiger charge is -2.16. The molecule has 1 aromatic carbocycles. The minimum absolute atomic E-state index is 0.276. The summed E-state index contributed by atoms with van der Waals surface area (Å²) < 4.78 is 5.17. The van der Waals surface area contributed by atoms with Gasteiger partial charge in [-0.1, -0.05) is 12.1 Å². The van der Waals surface area contributed by atoms with E-state index in [4.69, 9.17) is 4.74 Å². The quantitative estimate of drug-likeness (QED) is 0.821. The minimum Gasteiger partial charge on any atom is -0.497 e. The summed E-state index contributed by atoms with van der Waals surface area (Å²) in [7, 11) is 3.64. The van der Waals surface area contributed by atoms with Crippen molar-refractivity contribution in [1.29, 1.82) is 0 Å². The Bertz CT molecular complexity index is 490. The standard InChI is InChI=1S/C14H17N3OS/c1-15-13(10-19-14-9-16-7-8-17-14)11-3-5-12(18-2)6-4-11/h3-9,13,15H,10H2,1-2H3. The van der Waals surface area contributed by atoms with E-state index in [1.807, 2.05) is 19.2 Å². The number of hydrogen-bond donors (Lipinski definition) is 1. The Morgan fingerprint density at radius 2 is 2.05 bits per heavy atom. The van der Waals surface area contributed by atoms with Crippen LogP contribution in [0.4, 0.5) is 0 Å². The second-order valence-electron chi connectivity index (χ2n) is 3.97. The Hall–Kier alpha value is -1.59. The molecule has 2 rings (SSSR count). The van der Waals surface area contributed by atoms with Gasteiger partial charge in [-0.05, 0) is 24.7 Å². The van der Waals surface area contributed by atoms with Crippen LogP contribution >= 0.6 is 11.8 Å². The molecule has 0 spiro atoms. The molecule has 0 amide bonds. The van der Waals surface area contributed by atoms with Gasteiger partial charge in [-0.3, -0.25) is 4.98 Å². The smallest absolute Gasteiger partial charge is 0.118 e. The first-order valence-electron chi connectivity index (χ1n) is 6.03. The molecule has 2 aromatic rings. The fraction of sp³-hybridized carbons (Fsp3) is 0.286. The Morgan fingerprint density at radius 3 is 2.63 bits per heavy atom. The molecule has 0 radical (unpaired) electrons. The number of thioether (sulfide) groups is 1. The average Bonchev–Trinajstić information content (AvgIpc) is 2.49. The topological polar surface area (TPSA) is 47.0 Å². The summed E-state index contributed by atoms with van der Waals surface area (Å²) in [5.74, 6) is 1.78. The predicted octanol–water partition coefficient (Wildman–Crippen LogP) is 2.54. The van der Waals surface area contributed by atoms with Gasteiger partial charge >= 0.3 is 0 Å². The van der Waals surface area contributed by atoms with Gasteiger partial charge in [-0.15, -0.1) is 11.8 Å². The molecule has 1 unspecified atom stereocenters. The number of rotatable bonds is 6. The van der Waals surface area contributed by atoms with Crippen molar-refractivity contribution in [2.75, 3.05) is 19.9 Å². The van der Waals surface area contributed by atoms with Crippen molar-refractivity contribution in [2.24, 2.45) is 0 Å². The number of ether oxygens (including phenoxy) is 1. The second-order valence-corrected chi connectivity index (χ2v) is 5.01. The first-order chi connectivity index (χ1) is 9.33. The van der Waals surface area contributed by atoms with Crippen molar-refractivity contribution in [3.8, 4) is 5.75 Å². The van der Waals surface area contributed by atoms with E-state index >= 15 is 0 Å². The minimum atomic E-state index is 0.276. The summed E-state index contributed by atoms with van der Waals surface area (Å²) in [4.78, 5) is 8.32. The SMILES string of the molecule is CNC(CSc1cnccn1)c1ccc(OC)cc1. The third kappa shape index (κ3) is 3.94. The lowest BCUT2D eigenvalue weighted by molar-refractivity contribution is 0.414. The first kappa shape index (κ1) is 13.8. The van der Waals surface area contributed by atoms with Crippen LogP contribution in [0.3, 0.4) is 0 Å². The van der Waals surface area contributed by atoms with Crippen LogP contribution in [0.5, 0.6) is 5.75 Å². The highest BCUT2D eigenvalue weighted by molar-refractivity contribution is 7.99. The van der Waals surface area contributed by atoms with E-state index in [0.717, 1.165) is 16.5 Å². The van der Waals surface area contributed by atoms with E-state index in [-0.39, 0.29) is 6.04 Å². The van der Waals surface area contributed by atoms with Crippen LogP contribution in [0.1, 0.15) is 11.6 Å². The number of methoxy groups -OCH3 is 1. The molecule has 1 N–H and O–H groups in total. The molecule has 5 heteroatoms. The van der Waals surface area contributed by atoms with Crippen LogP contribution in [0.15, 0.2) is 47.9 Å². The lowest BCUT2D eigenvalue weighted by atomic mass is 10.1. The van der Waals surface area contributed by atoms with Crippen molar-refractivity contribution in [1.82, 2.24) is 15.3 Å². The van der Waals surface area contributed by atoms with Gasteiger partial charge in [0.05, 0.1) is 13.3 Å². The Kier molecular flexibility index (Phi) is 5.18. The highest BCUT2D eigenvalue weighted by Crippen LogP contribution is 2.24. The summed E-state index contributed by atoms with van der Waals surface area (Å²) in [5, 5.41) is 4.26. The maximum absolute atomic E-state index is 5.17. The molecule has 0 aliphatic carbocycles. The number of nitrogens with one attached hydrogen (secondary N) is 1. The number of benzene rings is 1. The largest absolute Gasteiger partial charge is 0.497 e. The molecule has 1 heterocycles. The summed E-state index contributed by atoms with van der Waals surface area (Å²) in [5.41, 5.74) is 1.24. The average molecular weight is 275 g/mol. The monoisotopic (exact) mass is 275 g/mol. The third-order valence-corrected chi connectivity index (χ3v) is 3.81. The van der Waals surface area contributed by atoms with Crippen LogP contribution in [-0.2, 0) is 0 Å². The fourth-order valence-corrected chi connectivity index (χ4v) is 2.68. The molecular weight excluding hydrogens is 258 g/mol. The van der Waals surface area contributed by atoms with Gasteiger partial charge in [0.1, 0.15) is 10.8 Å². The Labute approximate surface area is 117 Å². The zero-order chi connectivity index (χ0) is 13.5. The lowest BCUT2D eigenvalue weighted by Crippen LogP contribution is -2.18. The summed E-state index contributed by atoms with van der Waals surface area (Å²) in [6.07, 6.45) is 5.18. The van der Waals surface area contributed by atoms with E-state index in [1.54, 1.807) is 37.5 Å². The van der Waals surface area contributed by atoms with E-state index in [9.17, 15) is 0 Å². The number of hydrogen-bond acceptors (Lipinski definition) is 5. The van der Waals surface area contributed by atoms with Crippen molar-refractivity contribution in [2.45, 2.75) is 11.1 Å². The third-order valence-electron chi connectivity index (χ3n) is 2.80. The summed E-state index contributed by atoms with van der Waals surface area (Å²) in [6.45, 7) is 0. The molecule has 100 valence electrons. The van der Waals surface area contributed by atoms with Gasteiger partial charge in [0.2, 0.25) is 0 Å². The zero-order valence-electron chi connectivity index (χ0n) is 11.0. The van der Waals surface area contributed by atoms with E-state index in [2.05, 4.69) is 27.4 Å². The molecular formula is C14H17N3OS. The molecule has 0 saturated carbocycles. The van der Waals surface area contributed by atoms with Crippen molar-refractivity contribution in [3.05, 3.63) is 48.4 Å². The van der Waals surface area contributed by atoms with Crippen LogP contribution in [0.25, 0.3) is 0 Å². The number of aromatic nitrogens is 2. The van der Waals surface area contributed by atoms with Crippen molar-refractivity contribution < 1.29 is 4.74 Å². The molecule has 1 aromatic heterocycles. The molecule has 0 bridgehead atoms. The van der Waals surface area contributed by atoms with E-state index in [1.165, 1.54) is 5.56 Å². The Morgan fingerprint density at radius 1 is 1.26 bits per heavy atom. The van der Waals surface area contributed by atoms with Gasteiger partial charge in [0.25, 0.3) is 0 Å². The summed E-state index contributed by atoms with van der Waals surface area (Å²) in [6, 6.07) is 8.39. The molecule has 0 aliphatic rings. The highest BCUT2D eigenvalue weighted by Gasteiger charge is 2.10. The van der Waals surface area contributed by atoms with Gasteiger partial charge in [-0.2, -0.15) is 0 Å². The van der Waals surface area contributed by atoms with Gasteiger partial charge in [-0.25, -0.2) is 4.98 Å². The normalized spacial score (nSPS) is 12.1. The van der Waals surface area contributed by atoms with Crippen LogP contribution < -0.4 is 10.1 Å².